The van der Waals surface area contributed by atoms with Crippen LogP contribution in [-0.2, 0) is 20.8 Å². The summed E-state index contributed by atoms with van der Waals surface area (Å²) in [5, 5.41) is 1.04. The maximum Gasteiger partial charge on any atom is 0.339 e. The summed E-state index contributed by atoms with van der Waals surface area (Å²) >= 11 is 0. The number of esters is 1. The Morgan fingerprint density at radius 1 is 1.07 bits per heavy atom. The Hall–Kier alpha value is -3.95. The molecule has 0 saturated carbocycles. The molecule has 2 N–H and O–H groups in total. The molecule has 9 nitrogen and oxygen atoms in total. The van der Waals surface area contributed by atoms with Crippen molar-refractivity contribution in [3.8, 4) is 16.9 Å². The SMILES string of the molecule is COC(=O)[C@@H](OC(C)(C)C)c1c(C)c2c3c(cc(C)n3CCN2c2ncc(OCCN)cn2)c1-c1ccc(C)cc1. The largest absolute Gasteiger partial charge is 0.489 e. The predicted octanol–water partition coefficient (Wildman–Crippen LogP) is 5.54. The molecular weight excluding hydrogens is 518 g/mol. The monoisotopic (exact) mass is 557 g/mol. The fraction of sp³-hybridized carbons (Fsp3) is 0.406. The van der Waals surface area contributed by atoms with Crippen LogP contribution in [-0.4, -0.2) is 52.9 Å². The quantitative estimate of drug-likeness (QED) is 0.282. The topological polar surface area (TPSA) is 105 Å². The zero-order valence-corrected chi connectivity index (χ0v) is 24.9. The third-order valence-corrected chi connectivity index (χ3v) is 7.37. The summed E-state index contributed by atoms with van der Waals surface area (Å²) in [7, 11) is 1.40. The van der Waals surface area contributed by atoms with Crippen molar-refractivity contribution in [1.29, 1.82) is 0 Å². The van der Waals surface area contributed by atoms with Crippen LogP contribution in [0.1, 0.15) is 49.3 Å². The average Bonchev–Trinajstić information content (AvgIpc) is 3.28. The van der Waals surface area contributed by atoms with E-state index >= 15 is 0 Å². The van der Waals surface area contributed by atoms with Crippen molar-refractivity contribution >= 4 is 28.5 Å². The zero-order chi connectivity index (χ0) is 29.5. The van der Waals surface area contributed by atoms with Crippen molar-refractivity contribution in [2.75, 3.05) is 31.7 Å². The maximum atomic E-state index is 13.5. The molecular formula is C32H39N5O4. The maximum absolute atomic E-state index is 13.5. The molecule has 0 amide bonds. The van der Waals surface area contributed by atoms with E-state index in [1.807, 2.05) is 27.7 Å². The van der Waals surface area contributed by atoms with Crippen LogP contribution in [0.2, 0.25) is 0 Å². The van der Waals surface area contributed by atoms with Crippen molar-refractivity contribution in [1.82, 2.24) is 14.5 Å². The normalized spacial score (nSPS) is 13.9. The molecule has 0 radical (unpaired) electrons. The summed E-state index contributed by atoms with van der Waals surface area (Å²) in [6.07, 6.45) is 2.40. The number of aromatic nitrogens is 3. The molecule has 0 fully saturated rings. The molecule has 1 aliphatic heterocycles. The number of methoxy groups -OCH3 is 1. The third-order valence-electron chi connectivity index (χ3n) is 7.37. The van der Waals surface area contributed by atoms with Crippen molar-refractivity contribution in [2.45, 2.75) is 59.8 Å². The van der Waals surface area contributed by atoms with Gasteiger partial charge in [0, 0.05) is 36.3 Å². The Labute approximate surface area is 241 Å². The minimum Gasteiger partial charge on any atom is -0.489 e. The fourth-order valence-corrected chi connectivity index (χ4v) is 5.64. The number of aryl methyl sites for hydroxylation is 2. The van der Waals surface area contributed by atoms with Crippen LogP contribution >= 0.6 is 0 Å². The number of carbonyl (C=O) groups is 1. The highest BCUT2D eigenvalue weighted by Gasteiger charge is 2.37. The van der Waals surface area contributed by atoms with Gasteiger partial charge in [-0.25, -0.2) is 14.8 Å². The van der Waals surface area contributed by atoms with Crippen LogP contribution in [0.4, 0.5) is 11.6 Å². The van der Waals surface area contributed by atoms with Gasteiger partial charge in [0.25, 0.3) is 0 Å². The smallest absolute Gasteiger partial charge is 0.339 e. The van der Waals surface area contributed by atoms with Crippen LogP contribution in [0.15, 0.2) is 42.7 Å². The van der Waals surface area contributed by atoms with Gasteiger partial charge < -0.3 is 29.4 Å². The Bertz CT molecular complexity index is 1570. The van der Waals surface area contributed by atoms with E-state index in [9.17, 15) is 4.79 Å². The number of hydrogen-bond donors (Lipinski definition) is 1. The molecule has 2 aromatic heterocycles. The lowest BCUT2D eigenvalue weighted by atomic mass is 9.87. The first-order chi connectivity index (χ1) is 19.5. The molecule has 216 valence electrons. The number of rotatable bonds is 8. The van der Waals surface area contributed by atoms with Crippen molar-refractivity contribution in [3.63, 3.8) is 0 Å². The van der Waals surface area contributed by atoms with E-state index in [-0.39, 0.29) is 0 Å². The first-order valence-electron chi connectivity index (χ1n) is 14.0. The lowest BCUT2D eigenvalue weighted by Gasteiger charge is -2.35. The van der Waals surface area contributed by atoms with Gasteiger partial charge in [-0.1, -0.05) is 29.8 Å². The lowest BCUT2D eigenvalue weighted by molar-refractivity contribution is -0.164. The molecule has 0 unspecified atom stereocenters. The molecule has 9 heteroatoms. The highest BCUT2D eigenvalue weighted by molar-refractivity contribution is 6.08. The minimum absolute atomic E-state index is 0.394. The number of nitrogens with zero attached hydrogens (tertiary/aromatic N) is 4. The van der Waals surface area contributed by atoms with Crippen molar-refractivity contribution in [2.24, 2.45) is 5.73 Å². The zero-order valence-electron chi connectivity index (χ0n) is 24.9. The van der Waals surface area contributed by atoms with Crippen LogP contribution in [0.25, 0.3) is 22.0 Å². The Morgan fingerprint density at radius 2 is 1.76 bits per heavy atom. The lowest BCUT2D eigenvalue weighted by Crippen LogP contribution is -2.32. The predicted molar refractivity (Wildman–Crippen MR) is 161 cm³/mol. The summed E-state index contributed by atoms with van der Waals surface area (Å²) in [6, 6.07) is 10.6. The summed E-state index contributed by atoms with van der Waals surface area (Å²) < 4.78 is 19.8. The van der Waals surface area contributed by atoms with E-state index in [0.29, 0.717) is 31.4 Å². The molecule has 0 spiro atoms. The van der Waals surface area contributed by atoms with Gasteiger partial charge in [0.05, 0.1) is 36.3 Å². The molecule has 0 aliphatic carbocycles. The molecule has 0 bridgehead atoms. The number of nitrogens with two attached hydrogens (primary N) is 1. The van der Waals surface area contributed by atoms with Gasteiger partial charge in [0.15, 0.2) is 11.9 Å². The van der Waals surface area contributed by atoms with Crippen molar-refractivity contribution in [3.05, 3.63) is 65.1 Å². The number of benzene rings is 2. The van der Waals surface area contributed by atoms with Crippen molar-refractivity contribution < 1.29 is 19.0 Å². The third kappa shape index (κ3) is 5.39. The second kappa shape index (κ2) is 11.1. The fourth-order valence-electron chi connectivity index (χ4n) is 5.64. The van der Waals surface area contributed by atoms with Gasteiger partial charge in [0.1, 0.15) is 6.61 Å². The summed E-state index contributed by atoms with van der Waals surface area (Å²) in [6.45, 7) is 14.3. The first kappa shape index (κ1) is 28.6. The second-order valence-corrected chi connectivity index (χ2v) is 11.5. The molecule has 5 rings (SSSR count). The van der Waals surface area contributed by atoms with Crippen LogP contribution in [0.5, 0.6) is 5.75 Å². The van der Waals surface area contributed by atoms with Gasteiger partial charge >= 0.3 is 5.97 Å². The van der Waals surface area contributed by atoms with E-state index in [0.717, 1.165) is 56.6 Å². The van der Waals surface area contributed by atoms with E-state index in [4.69, 9.17) is 19.9 Å². The Kier molecular flexibility index (Phi) is 7.76. The highest BCUT2D eigenvalue weighted by Crippen LogP contribution is 2.49. The Morgan fingerprint density at radius 3 is 2.37 bits per heavy atom. The molecule has 0 saturated heterocycles. The highest BCUT2D eigenvalue weighted by atomic mass is 16.6. The standard InChI is InChI=1S/C32H39N5O4/c1-19-8-10-22(11-9-19)26-24-16-20(2)36-13-14-37(31-34-17-23(18-35-31)40-15-12-33)27(28(24)36)21(3)25(26)29(30(38)39-7)41-32(4,5)6/h8-11,16-18,29H,12-15,33H2,1-7H3/t29-/m0/s1. The van der Waals surface area contributed by atoms with Gasteiger partial charge in [-0.2, -0.15) is 0 Å². The molecule has 2 aromatic carbocycles. The molecule has 1 aliphatic rings. The van der Waals surface area contributed by atoms with E-state index < -0.39 is 17.7 Å². The summed E-state index contributed by atoms with van der Waals surface area (Å²) in [5.74, 6) is 0.677. The van der Waals surface area contributed by atoms with Crippen LogP contribution in [0, 0.1) is 20.8 Å². The van der Waals surface area contributed by atoms with E-state index in [1.54, 1.807) is 12.4 Å². The van der Waals surface area contributed by atoms with Crippen LogP contribution < -0.4 is 15.4 Å². The van der Waals surface area contributed by atoms with Crippen LogP contribution in [0.3, 0.4) is 0 Å². The summed E-state index contributed by atoms with van der Waals surface area (Å²) in [4.78, 5) is 24.9. The first-order valence-corrected chi connectivity index (χ1v) is 14.0. The number of ether oxygens (including phenoxy) is 3. The molecule has 3 heterocycles. The molecule has 4 aromatic rings. The molecule has 41 heavy (non-hydrogen) atoms. The van der Waals surface area contributed by atoms with Gasteiger partial charge in [-0.15, -0.1) is 0 Å². The average molecular weight is 558 g/mol. The second-order valence-electron chi connectivity index (χ2n) is 11.5. The summed E-state index contributed by atoms with van der Waals surface area (Å²) in [5.41, 5.74) is 13.0. The Balaban J connectivity index is 1.82. The molecule has 1 atom stereocenters. The van der Waals surface area contributed by atoms with Gasteiger partial charge in [0.2, 0.25) is 5.95 Å². The van der Waals surface area contributed by atoms with E-state index in [2.05, 4.69) is 63.6 Å². The number of hydrogen-bond acceptors (Lipinski definition) is 8. The minimum atomic E-state index is -0.947. The van der Waals surface area contributed by atoms with Gasteiger partial charge in [-0.05, 0) is 64.3 Å². The van der Waals surface area contributed by atoms with E-state index in [1.165, 1.54) is 7.11 Å². The van der Waals surface area contributed by atoms with Gasteiger partial charge in [-0.3, -0.25) is 0 Å². The number of carbonyl (C=O) groups excluding carboxylic acids is 1. The number of anilines is 2.